The Balaban J connectivity index is 2.76. The highest BCUT2D eigenvalue weighted by Crippen LogP contribution is 2.21. The molecule has 0 aliphatic heterocycles. The van der Waals surface area contributed by atoms with E-state index in [0.717, 1.165) is 6.42 Å². The Hall–Kier alpha value is -0.560. The zero-order valence-electron chi connectivity index (χ0n) is 9.05. The van der Waals surface area contributed by atoms with E-state index in [2.05, 4.69) is 67.1 Å². The van der Waals surface area contributed by atoms with Crippen molar-refractivity contribution in [2.75, 3.05) is 0 Å². The van der Waals surface area contributed by atoms with Gasteiger partial charge in [-0.05, 0) is 43.4 Å². The minimum absolute atomic E-state index is 0.610. The lowest BCUT2D eigenvalue weighted by Gasteiger charge is -2.08. The third kappa shape index (κ3) is 3.30. The predicted octanol–water partition coefficient (Wildman–Crippen LogP) is 4.51. The number of halogens is 1. The first kappa shape index (κ1) is 11.5. The first-order chi connectivity index (χ1) is 6.63. The summed E-state index contributed by atoms with van der Waals surface area (Å²) in [7, 11) is 0. The molecule has 0 saturated heterocycles. The number of allylic oxidation sites excluding steroid dienone is 2. The molecule has 76 valence electrons. The molecule has 1 aromatic carbocycles. The zero-order chi connectivity index (χ0) is 10.6. The molecule has 0 spiro atoms. The maximum absolute atomic E-state index is 3.60. The van der Waals surface area contributed by atoms with Crippen LogP contribution in [0.3, 0.4) is 0 Å². The number of benzene rings is 1. The third-order valence-electron chi connectivity index (χ3n) is 2.27. The van der Waals surface area contributed by atoms with Crippen molar-refractivity contribution >= 4 is 15.9 Å². The van der Waals surface area contributed by atoms with Crippen molar-refractivity contribution in [3.63, 3.8) is 0 Å². The predicted molar refractivity (Wildman–Crippen MR) is 66.6 cm³/mol. The van der Waals surface area contributed by atoms with Crippen LogP contribution in [-0.2, 0) is 6.42 Å². The number of aryl methyl sites for hydroxylation is 1. The van der Waals surface area contributed by atoms with Gasteiger partial charge in [0.1, 0.15) is 0 Å². The highest BCUT2D eigenvalue weighted by atomic mass is 79.9. The monoisotopic (exact) mass is 252 g/mol. The van der Waals surface area contributed by atoms with E-state index in [1.54, 1.807) is 0 Å². The molecule has 0 heterocycles. The molecule has 14 heavy (non-hydrogen) atoms. The van der Waals surface area contributed by atoms with Crippen molar-refractivity contribution in [2.24, 2.45) is 5.92 Å². The summed E-state index contributed by atoms with van der Waals surface area (Å²) in [5.74, 6) is 0.610. The van der Waals surface area contributed by atoms with Gasteiger partial charge < -0.3 is 0 Å². The summed E-state index contributed by atoms with van der Waals surface area (Å²) in [4.78, 5) is 0. The van der Waals surface area contributed by atoms with Gasteiger partial charge in [0.15, 0.2) is 0 Å². The van der Waals surface area contributed by atoms with Crippen molar-refractivity contribution in [2.45, 2.75) is 27.2 Å². The van der Waals surface area contributed by atoms with Gasteiger partial charge in [-0.1, -0.05) is 47.1 Å². The summed E-state index contributed by atoms with van der Waals surface area (Å²) < 4.78 is 1.23. The summed E-state index contributed by atoms with van der Waals surface area (Å²) in [5, 5.41) is 0. The van der Waals surface area contributed by atoms with E-state index in [1.807, 2.05) is 0 Å². The van der Waals surface area contributed by atoms with Gasteiger partial charge in [0.25, 0.3) is 0 Å². The van der Waals surface area contributed by atoms with Crippen LogP contribution in [0.1, 0.15) is 25.0 Å². The van der Waals surface area contributed by atoms with Gasteiger partial charge in [-0.15, -0.1) is 0 Å². The van der Waals surface area contributed by atoms with Crippen molar-refractivity contribution < 1.29 is 0 Å². The van der Waals surface area contributed by atoms with Gasteiger partial charge in [-0.3, -0.25) is 0 Å². The molecule has 0 aromatic heterocycles. The molecule has 1 heteroatoms. The fourth-order valence-electron chi connectivity index (χ4n) is 1.56. The van der Waals surface area contributed by atoms with Crippen LogP contribution in [0.25, 0.3) is 0 Å². The summed E-state index contributed by atoms with van der Waals surface area (Å²) in [5.41, 5.74) is 2.69. The molecule has 0 fully saturated rings. The van der Waals surface area contributed by atoms with Crippen molar-refractivity contribution in [1.82, 2.24) is 0 Å². The molecule has 0 nitrogen and oxygen atoms in total. The fourth-order valence-corrected chi connectivity index (χ4v) is 2.22. The lowest BCUT2D eigenvalue weighted by Crippen LogP contribution is -1.96. The van der Waals surface area contributed by atoms with Crippen molar-refractivity contribution in [3.05, 3.63) is 46.0 Å². The maximum Gasteiger partial charge on any atom is 0.0210 e. The van der Waals surface area contributed by atoms with Crippen molar-refractivity contribution in [1.29, 1.82) is 0 Å². The van der Waals surface area contributed by atoms with Crippen LogP contribution in [0.5, 0.6) is 0 Å². The molecule has 1 aromatic rings. The average Bonchev–Trinajstić information content (AvgIpc) is 2.10. The SMILES string of the molecule is C/C=C\C(C)Cc1ccc(C)cc1Br. The van der Waals surface area contributed by atoms with Crippen LogP contribution in [-0.4, -0.2) is 0 Å². The van der Waals surface area contributed by atoms with E-state index in [0.29, 0.717) is 5.92 Å². The Bertz CT molecular complexity index is 326. The second kappa shape index (κ2) is 5.35. The Labute approximate surface area is 95.2 Å². The molecule has 0 saturated carbocycles. The van der Waals surface area contributed by atoms with Crippen LogP contribution in [0.4, 0.5) is 0 Å². The van der Waals surface area contributed by atoms with E-state index in [9.17, 15) is 0 Å². The first-order valence-corrected chi connectivity index (χ1v) is 5.80. The molecule has 0 bridgehead atoms. The van der Waals surface area contributed by atoms with Gasteiger partial charge in [-0.25, -0.2) is 0 Å². The molecule has 0 aliphatic rings. The van der Waals surface area contributed by atoms with Gasteiger partial charge in [-0.2, -0.15) is 0 Å². The van der Waals surface area contributed by atoms with Crippen LogP contribution in [0, 0.1) is 12.8 Å². The number of rotatable bonds is 3. The molecule has 1 unspecified atom stereocenters. The second-order valence-electron chi connectivity index (χ2n) is 3.80. The fraction of sp³-hybridized carbons (Fsp3) is 0.385. The highest BCUT2D eigenvalue weighted by Gasteiger charge is 2.03. The topological polar surface area (TPSA) is 0 Å². The van der Waals surface area contributed by atoms with Crippen LogP contribution < -0.4 is 0 Å². The lowest BCUT2D eigenvalue weighted by atomic mass is 10.00. The molecule has 0 amide bonds. The van der Waals surface area contributed by atoms with E-state index in [1.165, 1.54) is 15.6 Å². The van der Waals surface area contributed by atoms with Gasteiger partial charge in [0, 0.05) is 4.47 Å². The summed E-state index contributed by atoms with van der Waals surface area (Å²) in [6, 6.07) is 6.56. The lowest BCUT2D eigenvalue weighted by molar-refractivity contribution is 0.720. The molecular formula is C13H17Br. The Kier molecular flexibility index (Phi) is 4.40. The first-order valence-electron chi connectivity index (χ1n) is 5.01. The van der Waals surface area contributed by atoms with E-state index >= 15 is 0 Å². The third-order valence-corrected chi connectivity index (χ3v) is 3.01. The molecule has 1 atom stereocenters. The van der Waals surface area contributed by atoms with Gasteiger partial charge in [0.2, 0.25) is 0 Å². The van der Waals surface area contributed by atoms with Gasteiger partial charge >= 0.3 is 0 Å². The molecule has 0 N–H and O–H groups in total. The molecular weight excluding hydrogens is 236 g/mol. The van der Waals surface area contributed by atoms with Crippen LogP contribution in [0.2, 0.25) is 0 Å². The molecule has 0 aliphatic carbocycles. The smallest absolute Gasteiger partial charge is 0.0210 e. The number of hydrogen-bond acceptors (Lipinski definition) is 0. The summed E-state index contributed by atoms with van der Waals surface area (Å²) in [6.07, 6.45) is 5.46. The van der Waals surface area contributed by atoms with E-state index in [4.69, 9.17) is 0 Å². The van der Waals surface area contributed by atoms with E-state index in [-0.39, 0.29) is 0 Å². The Morgan fingerprint density at radius 2 is 2.14 bits per heavy atom. The number of hydrogen-bond donors (Lipinski definition) is 0. The van der Waals surface area contributed by atoms with Crippen LogP contribution in [0.15, 0.2) is 34.8 Å². The van der Waals surface area contributed by atoms with Crippen LogP contribution >= 0.6 is 15.9 Å². The minimum Gasteiger partial charge on any atom is -0.0914 e. The van der Waals surface area contributed by atoms with Crippen molar-refractivity contribution in [3.8, 4) is 0 Å². The Morgan fingerprint density at radius 1 is 1.43 bits per heavy atom. The average molecular weight is 253 g/mol. The molecule has 1 rings (SSSR count). The van der Waals surface area contributed by atoms with Gasteiger partial charge in [0.05, 0.1) is 0 Å². The van der Waals surface area contributed by atoms with E-state index < -0.39 is 0 Å². The Morgan fingerprint density at radius 3 is 2.71 bits per heavy atom. The highest BCUT2D eigenvalue weighted by molar-refractivity contribution is 9.10. The minimum atomic E-state index is 0.610. The normalized spacial score (nSPS) is 13.4. The largest absolute Gasteiger partial charge is 0.0914 e. The zero-order valence-corrected chi connectivity index (χ0v) is 10.6. The summed E-state index contributed by atoms with van der Waals surface area (Å²) in [6.45, 7) is 6.43. The summed E-state index contributed by atoms with van der Waals surface area (Å²) >= 11 is 3.60. The quantitative estimate of drug-likeness (QED) is 0.695. The molecule has 0 radical (unpaired) electrons. The standard InChI is InChI=1S/C13H17Br/c1-4-5-10(2)8-12-7-6-11(3)9-13(12)14/h4-7,9-10H,8H2,1-3H3/b5-4-. The second-order valence-corrected chi connectivity index (χ2v) is 4.66. The maximum atomic E-state index is 3.60.